The summed E-state index contributed by atoms with van der Waals surface area (Å²) in [5.41, 5.74) is 0.405. The number of nitrogens with zero attached hydrogens (tertiary/aromatic N) is 1. The molecule has 0 radical (unpaired) electrons. The summed E-state index contributed by atoms with van der Waals surface area (Å²) < 4.78 is 0. The Balaban J connectivity index is 2.47. The van der Waals surface area contributed by atoms with Gasteiger partial charge in [-0.25, -0.2) is 0 Å². The summed E-state index contributed by atoms with van der Waals surface area (Å²) >= 11 is 2.07. The van der Waals surface area contributed by atoms with Gasteiger partial charge in [0, 0.05) is 5.25 Å². The van der Waals surface area contributed by atoms with Gasteiger partial charge >= 0.3 is 0 Å². The Labute approximate surface area is 118 Å². The third-order valence-electron chi connectivity index (χ3n) is 4.26. The summed E-state index contributed by atoms with van der Waals surface area (Å²) in [7, 11) is 0. The first kappa shape index (κ1) is 15.9. The molecule has 0 amide bonds. The molecule has 0 aliphatic heterocycles. The molecule has 1 saturated carbocycles. The van der Waals surface area contributed by atoms with Gasteiger partial charge in [0.05, 0.1) is 12.0 Å². The van der Waals surface area contributed by atoms with Gasteiger partial charge in [-0.1, -0.05) is 40.5 Å². The Morgan fingerprint density at radius 3 is 2.50 bits per heavy atom. The van der Waals surface area contributed by atoms with E-state index in [4.69, 9.17) is 0 Å². The summed E-state index contributed by atoms with van der Waals surface area (Å²) in [5.74, 6) is 2.34. The van der Waals surface area contributed by atoms with Gasteiger partial charge in [-0.05, 0) is 42.8 Å². The Hall–Kier alpha value is -0.160. The van der Waals surface area contributed by atoms with Crippen LogP contribution in [0, 0.1) is 28.6 Å². The summed E-state index contributed by atoms with van der Waals surface area (Å²) in [4.78, 5) is 0. The molecule has 2 heteroatoms. The smallest absolute Gasteiger partial charge is 0.0667 e. The molecule has 3 atom stereocenters. The molecule has 0 bridgehead atoms. The molecule has 104 valence electrons. The molecule has 1 aliphatic rings. The van der Waals surface area contributed by atoms with Gasteiger partial charge in [-0.3, -0.25) is 0 Å². The first-order valence-corrected chi connectivity index (χ1v) is 8.55. The van der Waals surface area contributed by atoms with Crippen molar-refractivity contribution >= 4 is 11.8 Å². The number of thioether (sulfide) groups is 1. The van der Waals surface area contributed by atoms with Crippen LogP contribution >= 0.6 is 11.8 Å². The SMILES string of the molecule is CCCCCSC1CC(C(C)(C)C)CCC1C#N. The number of rotatable bonds is 5. The number of nitriles is 1. The molecule has 0 aromatic carbocycles. The molecule has 0 aromatic rings. The van der Waals surface area contributed by atoms with Crippen molar-refractivity contribution in [3.63, 3.8) is 0 Å². The lowest BCUT2D eigenvalue weighted by atomic mass is 9.70. The highest BCUT2D eigenvalue weighted by Gasteiger charge is 2.35. The van der Waals surface area contributed by atoms with E-state index in [1.54, 1.807) is 0 Å². The second kappa shape index (κ2) is 7.43. The summed E-state index contributed by atoms with van der Waals surface area (Å²) in [6.07, 6.45) is 7.54. The van der Waals surface area contributed by atoms with Gasteiger partial charge in [0.1, 0.15) is 0 Å². The first-order valence-electron chi connectivity index (χ1n) is 7.50. The van der Waals surface area contributed by atoms with Crippen molar-refractivity contribution in [1.82, 2.24) is 0 Å². The minimum absolute atomic E-state index is 0.301. The van der Waals surface area contributed by atoms with Crippen LogP contribution in [0.1, 0.15) is 66.2 Å². The summed E-state index contributed by atoms with van der Waals surface area (Å²) in [6, 6.07) is 2.55. The Morgan fingerprint density at radius 2 is 1.94 bits per heavy atom. The van der Waals surface area contributed by atoms with E-state index in [1.165, 1.54) is 37.9 Å². The van der Waals surface area contributed by atoms with Crippen LogP contribution in [0.25, 0.3) is 0 Å². The number of hydrogen-bond acceptors (Lipinski definition) is 2. The molecule has 0 N–H and O–H groups in total. The van der Waals surface area contributed by atoms with E-state index in [1.807, 2.05) is 0 Å². The van der Waals surface area contributed by atoms with E-state index in [-0.39, 0.29) is 0 Å². The van der Waals surface area contributed by atoms with E-state index in [0.29, 0.717) is 16.6 Å². The lowest BCUT2D eigenvalue weighted by molar-refractivity contribution is 0.169. The van der Waals surface area contributed by atoms with Crippen LogP contribution in [-0.2, 0) is 0 Å². The third kappa shape index (κ3) is 4.84. The van der Waals surface area contributed by atoms with Crippen molar-refractivity contribution in [2.24, 2.45) is 17.3 Å². The van der Waals surface area contributed by atoms with E-state index in [9.17, 15) is 5.26 Å². The van der Waals surface area contributed by atoms with Gasteiger partial charge in [0.2, 0.25) is 0 Å². The average Bonchev–Trinajstić information content (AvgIpc) is 2.33. The Kier molecular flexibility index (Phi) is 6.57. The van der Waals surface area contributed by atoms with Crippen LogP contribution in [0.5, 0.6) is 0 Å². The maximum absolute atomic E-state index is 9.29. The molecule has 1 aliphatic carbocycles. The number of unbranched alkanes of at least 4 members (excludes halogenated alkanes) is 2. The van der Waals surface area contributed by atoms with Crippen LogP contribution in [0.15, 0.2) is 0 Å². The van der Waals surface area contributed by atoms with Gasteiger partial charge < -0.3 is 0 Å². The zero-order valence-corrected chi connectivity index (χ0v) is 13.4. The molecule has 18 heavy (non-hydrogen) atoms. The van der Waals surface area contributed by atoms with Gasteiger partial charge in [-0.2, -0.15) is 17.0 Å². The van der Waals surface area contributed by atoms with Crippen molar-refractivity contribution in [2.45, 2.75) is 71.5 Å². The standard InChI is InChI=1S/C16H29NS/c1-5-6-7-10-18-15-11-14(16(2,3)4)9-8-13(15)12-17/h13-15H,5-11H2,1-4H3. The largest absolute Gasteiger partial charge is 0.198 e. The quantitative estimate of drug-likeness (QED) is 0.634. The van der Waals surface area contributed by atoms with Crippen LogP contribution in [0.2, 0.25) is 0 Å². The Morgan fingerprint density at radius 1 is 1.22 bits per heavy atom. The molecule has 3 unspecified atom stereocenters. The fraction of sp³-hybridized carbons (Fsp3) is 0.938. The molecule has 0 heterocycles. The maximum Gasteiger partial charge on any atom is 0.0667 e. The van der Waals surface area contributed by atoms with Crippen LogP contribution < -0.4 is 0 Å². The molecule has 1 rings (SSSR count). The van der Waals surface area contributed by atoms with Crippen molar-refractivity contribution in [3.05, 3.63) is 0 Å². The number of hydrogen-bond donors (Lipinski definition) is 0. The van der Waals surface area contributed by atoms with Crippen LogP contribution in [-0.4, -0.2) is 11.0 Å². The zero-order valence-electron chi connectivity index (χ0n) is 12.5. The van der Waals surface area contributed by atoms with E-state index < -0.39 is 0 Å². The molecule has 0 saturated heterocycles. The Bertz CT molecular complexity index is 274. The molecule has 0 aromatic heterocycles. The highest BCUT2D eigenvalue weighted by molar-refractivity contribution is 7.99. The van der Waals surface area contributed by atoms with Gasteiger partial charge in [0.15, 0.2) is 0 Å². The minimum atomic E-state index is 0.301. The predicted octanol–water partition coefficient (Wildman–Crippen LogP) is 5.26. The molecule has 1 nitrogen and oxygen atoms in total. The van der Waals surface area contributed by atoms with Crippen LogP contribution in [0.4, 0.5) is 0 Å². The zero-order chi connectivity index (χ0) is 13.6. The average molecular weight is 267 g/mol. The van der Waals surface area contributed by atoms with Gasteiger partial charge in [-0.15, -0.1) is 0 Å². The van der Waals surface area contributed by atoms with Crippen molar-refractivity contribution in [1.29, 1.82) is 5.26 Å². The van der Waals surface area contributed by atoms with Crippen LogP contribution in [0.3, 0.4) is 0 Å². The minimum Gasteiger partial charge on any atom is -0.198 e. The van der Waals surface area contributed by atoms with Crippen molar-refractivity contribution in [2.75, 3.05) is 5.75 Å². The van der Waals surface area contributed by atoms with Gasteiger partial charge in [0.25, 0.3) is 0 Å². The van der Waals surface area contributed by atoms with Crippen molar-refractivity contribution < 1.29 is 0 Å². The highest BCUT2D eigenvalue weighted by Crippen LogP contribution is 2.43. The lowest BCUT2D eigenvalue weighted by Crippen LogP contribution is -2.33. The lowest BCUT2D eigenvalue weighted by Gasteiger charge is -2.39. The molecular weight excluding hydrogens is 238 g/mol. The molecule has 1 fully saturated rings. The van der Waals surface area contributed by atoms with Crippen molar-refractivity contribution in [3.8, 4) is 6.07 Å². The topological polar surface area (TPSA) is 23.8 Å². The fourth-order valence-corrected chi connectivity index (χ4v) is 4.31. The molecular formula is C16H29NS. The second-order valence-corrected chi connectivity index (χ2v) is 8.08. The fourth-order valence-electron chi connectivity index (χ4n) is 2.83. The van der Waals surface area contributed by atoms with E-state index in [2.05, 4.69) is 45.5 Å². The summed E-state index contributed by atoms with van der Waals surface area (Å²) in [5, 5.41) is 9.88. The second-order valence-electron chi connectivity index (χ2n) is 6.73. The maximum atomic E-state index is 9.29. The monoisotopic (exact) mass is 267 g/mol. The third-order valence-corrected chi connectivity index (χ3v) is 5.74. The first-order chi connectivity index (χ1) is 8.49. The highest BCUT2D eigenvalue weighted by atomic mass is 32.2. The predicted molar refractivity (Wildman–Crippen MR) is 81.7 cm³/mol. The van der Waals surface area contributed by atoms with E-state index in [0.717, 1.165) is 12.3 Å². The summed E-state index contributed by atoms with van der Waals surface area (Å²) in [6.45, 7) is 9.30. The van der Waals surface area contributed by atoms with E-state index >= 15 is 0 Å². The normalized spacial score (nSPS) is 28.9. The molecule has 0 spiro atoms.